The second-order valence-corrected chi connectivity index (χ2v) is 9.83. The van der Waals surface area contributed by atoms with Crippen molar-refractivity contribution in [3.05, 3.63) is 28.8 Å². The van der Waals surface area contributed by atoms with Crippen LogP contribution in [0.15, 0.2) is 23.4 Å². The fourth-order valence-corrected chi connectivity index (χ4v) is 5.97. The van der Waals surface area contributed by atoms with Gasteiger partial charge in [0.1, 0.15) is 11.4 Å². The molecule has 1 aliphatic heterocycles. The maximum Gasteiger partial charge on any atom is 0.327 e. The van der Waals surface area contributed by atoms with E-state index in [2.05, 4.69) is 15.5 Å². The third-order valence-corrected chi connectivity index (χ3v) is 7.95. The van der Waals surface area contributed by atoms with Gasteiger partial charge in [-0.15, -0.1) is 5.10 Å². The first-order chi connectivity index (χ1) is 15.5. The lowest BCUT2D eigenvalue weighted by Crippen LogP contribution is -2.53. The van der Waals surface area contributed by atoms with Crippen LogP contribution in [-0.4, -0.2) is 49.9 Å². The Morgan fingerprint density at radius 3 is 2.75 bits per heavy atom. The zero-order valence-corrected chi connectivity index (χ0v) is 19.8. The van der Waals surface area contributed by atoms with E-state index in [0.29, 0.717) is 35.3 Å². The molecule has 1 saturated heterocycles. The van der Waals surface area contributed by atoms with Crippen LogP contribution in [-0.2, 0) is 27.3 Å². The van der Waals surface area contributed by atoms with Gasteiger partial charge < -0.3 is 9.47 Å². The highest BCUT2D eigenvalue weighted by molar-refractivity contribution is 8.01. The van der Waals surface area contributed by atoms with E-state index in [4.69, 9.17) is 21.1 Å². The number of benzene rings is 1. The highest BCUT2D eigenvalue weighted by atomic mass is 35.5. The molecule has 2 unspecified atom stereocenters. The zero-order valence-electron chi connectivity index (χ0n) is 18.3. The van der Waals surface area contributed by atoms with Crippen molar-refractivity contribution in [3.63, 3.8) is 0 Å². The van der Waals surface area contributed by atoms with Gasteiger partial charge in [0.2, 0.25) is 5.16 Å². The lowest BCUT2D eigenvalue weighted by molar-refractivity contribution is -0.177. The molecular formula is C22H27ClN4O4S. The molecule has 172 valence electrons. The number of hydrogen-bond donors (Lipinski definition) is 0. The van der Waals surface area contributed by atoms with Gasteiger partial charge in [-0.25, -0.2) is 4.68 Å². The Morgan fingerprint density at radius 2 is 2.09 bits per heavy atom. The summed E-state index contributed by atoms with van der Waals surface area (Å²) in [5.74, 6) is 0.207. The minimum atomic E-state index is -0.934. The summed E-state index contributed by atoms with van der Waals surface area (Å²) in [6.45, 7) is 2.46. The van der Waals surface area contributed by atoms with E-state index in [1.807, 2.05) is 25.1 Å². The van der Waals surface area contributed by atoms with Crippen molar-refractivity contribution >= 4 is 35.1 Å². The van der Waals surface area contributed by atoms with Gasteiger partial charge in [0.05, 0.1) is 12.1 Å². The molecule has 1 aromatic carbocycles. The quantitative estimate of drug-likeness (QED) is 0.416. The predicted molar refractivity (Wildman–Crippen MR) is 120 cm³/mol. The second-order valence-electron chi connectivity index (χ2n) is 8.35. The van der Waals surface area contributed by atoms with Crippen molar-refractivity contribution in [1.29, 1.82) is 0 Å². The minimum Gasteiger partial charge on any atom is -0.495 e. The third kappa shape index (κ3) is 4.64. The Hall–Kier alpha value is -2.13. The van der Waals surface area contributed by atoms with E-state index in [1.54, 1.807) is 11.8 Å². The molecule has 10 heteroatoms. The number of carbonyl (C=O) groups excluding carboxylic acids is 2. The summed E-state index contributed by atoms with van der Waals surface area (Å²) >= 11 is 7.36. The first kappa shape index (κ1) is 23.0. The van der Waals surface area contributed by atoms with Crippen molar-refractivity contribution in [1.82, 2.24) is 20.2 Å². The average Bonchev–Trinajstić information content (AvgIpc) is 3.47. The Morgan fingerprint density at radius 1 is 1.31 bits per heavy atom. The van der Waals surface area contributed by atoms with Crippen molar-refractivity contribution in [3.8, 4) is 5.75 Å². The summed E-state index contributed by atoms with van der Waals surface area (Å²) in [7, 11) is 1.58. The molecule has 0 spiro atoms. The smallest absolute Gasteiger partial charge is 0.327 e. The number of cyclic esters (lactones) is 1. The van der Waals surface area contributed by atoms with Gasteiger partial charge in [0, 0.05) is 13.0 Å². The maximum absolute atomic E-state index is 13.2. The van der Waals surface area contributed by atoms with Crippen LogP contribution < -0.4 is 4.74 Å². The highest BCUT2D eigenvalue weighted by Gasteiger charge is 2.52. The van der Waals surface area contributed by atoms with Crippen LogP contribution >= 0.6 is 23.4 Å². The Kier molecular flexibility index (Phi) is 7.05. The molecule has 2 fully saturated rings. The SMILES string of the molecule is CCn1nnnc1SC1C(=O)CC(CCc2ccc(OC)c(Cl)c2)(C2CCCC2)OC1=O. The number of ketones is 1. The fourth-order valence-electron chi connectivity index (χ4n) is 4.75. The molecule has 2 aromatic rings. The van der Waals surface area contributed by atoms with Crippen LogP contribution in [0.5, 0.6) is 5.75 Å². The number of halogens is 1. The molecule has 0 amide bonds. The van der Waals surface area contributed by atoms with Gasteiger partial charge in [-0.1, -0.05) is 42.3 Å². The minimum absolute atomic E-state index is 0.114. The number of rotatable bonds is 8. The Bertz CT molecular complexity index is 974. The molecule has 2 atom stereocenters. The van der Waals surface area contributed by atoms with Crippen molar-refractivity contribution in [2.75, 3.05) is 7.11 Å². The van der Waals surface area contributed by atoms with Crippen molar-refractivity contribution in [2.45, 2.75) is 74.4 Å². The zero-order chi connectivity index (χ0) is 22.7. The molecule has 0 bridgehead atoms. The van der Waals surface area contributed by atoms with Crippen LogP contribution in [0.25, 0.3) is 0 Å². The van der Waals surface area contributed by atoms with Gasteiger partial charge in [-0.05, 0) is 66.6 Å². The van der Waals surface area contributed by atoms with Crippen molar-refractivity contribution < 1.29 is 19.1 Å². The predicted octanol–water partition coefficient (Wildman–Crippen LogP) is 3.89. The van der Waals surface area contributed by atoms with E-state index in [-0.39, 0.29) is 18.1 Å². The summed E-state index contributed by atoms with van der Waals surface area (Å²) in [5, 5.41) is 11.5. The van der Waals surface area contributed by atoms with E-state index in [0.717, 1.165) is 43.0 Å². The number of esters is 1. The molecule has 0 N–H and O–H groups in total. The average molecular weight is 479 g/mol. The largest absolute Gasteiger partial charge is 0.495 e. The lowest BCUT2D eigenvalue weighted by atomic mass is 9.76. The maximum atomic E-state index is 13.2. The van der Waals surface area contributed by atoms with Gasteiger partial charge in [-0.3, -0.25) is 9.59 Å². The lowest BCUT2D eigenvalue weighted by Gasteiger charge is -2.42. The van der Waals surface area contributed by atoms with E-state index in [1.165, 1.54) is 0 Å². The number of Topliss-reactive ketones (excluding diaryl/α,β-unsaturated/α-hetero) is 1. The highest BCUT2D eigenvalue weighted by Crippen LogP contribution is 2.45. The normalized spacial score (nSPS) is 24.0. The summed E-state index contributed by atoms with van der Waals surface area (Å²) in [6.07, 6.45) is 5.59. The number of aromatic nitrogens is 4. The van der Waals surface area contributed by atoms with Crippen LogP contribution in [0.3, 0.4) is 0 Å². The number of aryl methyl sites for hydroxylation is 2. The molecule has 0 radical (unpaired) electrons. The molecule has 1 aliphatic carbocycles. The Labute approximate surface area is 196 Å². The summed E-state index contributed by atoms with van der Waals surface area (Å²) in [5.41, 5.74) is 0.250. The van der Waals surface area contributed by atoms with E-state index >= 15 is 0 Å². The molecule has 1 aromatic heterocycles. The molecule has 1 saturated carbocycles. The van der Waals surface area contributed by atoms with Gasteiger partial charge in [-0.2, -0.15) is 0 Å². The van der Waals surface area contributed by atoms with Gasteiger partial charge >= 0.3 is 5.97 Å². The monoisotopic (exact) mass is 478 g/mol. The van der Waals surface area contributed by atoms with Gasteiger partial charge in [0.15, 0.2) is 11.0 Å². The summed E-state index contributed by atoms with van der Waals surface area (Å²) < 4.78 is 12.9. The number of thioether (sulfide) groups is 1. The van der Waals surface area contributed by atoms with Crippen LogP contribution in [0, 0.1) is 5.92 Å². The van der Waals surface area contributed by atoms with Gasteiger partial charge in [0.25, 0.3) is 0 Å². The number of nitrogens with zero attached hydrogens (tertiary/aromatic N) is 4. The molecular weight excluding hydrogens is 452 g/mol. The van der Waals surface area contributed by atoms with Crippen LogP contribution in [0.1, 0.15) is 51.0 Å². The number of hydrogen-bond acceptors (Lipinski definition) is 8. The van der Waals surface area contributed by atoms with Crippen LogP contribution in [0.2, 0.25) is 5.02 Å². The standard InChI is InChI=1S/C22H27ClN4O4S/c1-3-27-21(24-25-26-27)32-19-17(28)13-22(31-20(19)29,15-6-4-5-7-15)11-10-14-8-9-18(30-2)16(23)12-14/h8-9,12,15,19H,3-7,10-11,13H2,1-2H3. The molecule has 2 aliphatic rings. The topological polar surface area (TPSA) is 96.2 Å². The summed E-state index contributed by atoms with van der Waals surface area (Å²) in [4.78, 5) is 26.3. The van der Waals surface area contributed by atoms with Crippen molar-refractivity contribution in [2.24, 2.45) is 5.92 Å². The van der Waals surface area contributed by atoms with E-state index < -0.39 is 16.8 Å². The second kappa shape index (κ2) is 9.79. The first-order valence-electron chi connectivity index (χ1n) is 11.0. The molecule has 4 rings (SSSR count). The molecule has 32 heavy (non-hydrogen) atoms. The number of methoxy groups -OCH3 is 1. The van der Waals surface area contributed by atoms with E-state index in [9.17, 15) is 9.59 Å². The van der Waals surface area contributed by atoms with Crippen LogP contribution in [0.4, 0.5) is 0 Å². The number of tetrazole rings is 1. The number of ether oxygens (including phenoxy) is 2. The molecule has 2 heterocycles. The third-order valence-electron chi connectivity index (χ3n) is 6.46. The first-order valence-corrected chi connectivity index (χ1v) is 12.2. The fraction of sp³-hybridized carbons (Fsp3) is 0.591. The molecule has 8 nitrogen and oxygen atoms in total. The number of carbonyl (C=O) groups is 2. The Balaban J connectivity index is 1.52. The summed E-state index contributed by atoms with van der Waals surface area (Å²) in [6, 6.07) is 5.67.